The molecule has 0 heterocycles. The predicted octanol–water partition coefficient (Wildman–Crippen LogP) is 6.43. The van der Waals surface area contributed by atoms with Crippen LogP contribution in [0.1, 0.15) is 46.6 Å². The summed E-state index contributed by atoms with van der Waals surface area (Å²) >= 11 is 0. The molecule has 0 amide bonds. The molecule has 2 atom stereocenters. The molecule has 24 heavy (non-hydrogen) atoms. The summed E-state index contributed by atoms with van der Waals surface area (Å²) in [5.41, 5.74) is 7.11. The van der Waals surface area contributed by atoms with E-state index < -0.39 is 0 Å². The largest absolute Gasteiger partial charge is 0.0622 e. The van der Waals surface area contributed by atoms with Gasteiger partial charge in [0.2, 0.25) is 0 Å². The molecule has 0 nitrogen and oxygen atoms in total. The van der Waals surface area contributed by atoms with E-state index in [-0.39, 0.29) is 0 Å². The summed E-state index contributed by atoms with van der Waals surface area (Å²) in [5, 5.41) is 0. The first-order chi connectivity index (χ1) is 11.7. The molecule has 122 valence electrons. The first kappa shape index (κ1) is 16.5. The summed E-state index contributed by atoms with van der Waals surface area (Å²) < 4.78 is 0. The van der Waals surface area contributed by atoms with Gasteiger partial charge in [-0.3, -0.25) is 0 Å². The maximum Gasteiger partial charge on any atom is -0.00552 e. The molecule has 0 N–H and O–H groups in total. The van der Waals surface area contributed by atoms with Crippen molar-refractivity contribution < 1.29 is 0 Å². The Hall–Kier alpha value is -2.34. The monoisotopic (exact) mass is 314 g/mol. The van der Waals surface area contributed by atoms with Crippen molar-refractivity contribution in [3.8, 4) is 0 Å². The minimum Gasteiger partial charge on any atom is -0.0622 e. The quantitative estimate of drug-likeness (QED) is 0.509. The van der Waals surface area contributed by atoms with Crippen LogP contribution in [0.15, 0.2) is 78.9 Å². The van der Waals surface area contributed by atoms with Crippen LogP contribution in [0, 0.1) is 13.8 Å². The van der Waals surface area contributed by atoms with Crippen molar-refractivity contribution in [2.75, 3.05) is 0 Å². The van der Waals surface area contributed by atoms with E-state index in [2.05, 4.69) is 99.6 Å². The van der Waals surface area contributed by atoms with Crippen LogP contribution in [0.25, 0.3) is 0 Å². The molecule has 3 rings (SSSR count). The summed E-state index contributed by atoms with van der Waals surface area (Å²) in [6.45, 7) is 6.81. The van der Waals surface area contributed by atoms with Gasteiger partial charge >= 0.3 is 0 Å². The highest BCUT2D eigenvalue weighted by Gasteiger charge is 2.22. The van der Waals surface area contributed by atoms with Gasteiger partial charge in [0.15, 0.2) is 0 Å². The summed E-state index contributed by atoms with van der Waals surface area (Å²) in [4.78, 5) is 0. The van der Waals surface area contributed by atoms with Crippen LogP contribution in [0.4, 0.5) is 0 Å². The van der Waals surface area contributed by atoms with Gasteiger partial charge in [-0.15, -0.1) is 0 Å². The Labute approximate surface area is 146 Å². The maximum atomic E-state index is 2.36. The second kappa shape index (κ2) is 7.49. The minimum atomic E-state index is 0.480. The summed E-state index contributed by atoms with van der Waals surface area (Å²) in [5.74, 6) is 0.961. The van der Waals surface area contributed by atoms with E-state index in [9.17, 15) is 0 Å². The van der Waals surface area contributed by atoms with Crippen molar-refractivity contribution in [3.05, 3.63) is 107 Å². The van der Waals surface area contributed by atoms with Crippen molar-refractivity contribution >= 4 is 0 Å². The first-order valence-electron chi connectivity index (χ1n) is 8.82. The lowest BCUT2D eigenvalue weighted by Gasteiger charge is -2.26. The Balaban J connectivity index is 1.98. The van der Waals surface area contributed by atoms with Crippen molar-refractivity contribution in [3.63, 3.8) is 0 Å². The Kier molecular flexibility index (Phi) is 5.15. The highest BCUT2D eigenvalue weighted by molar-refractivity contribution is 5.37. The number of hydrogen-bond acceptors (Lipinski definition) is 0. The summed E-state index contributed by atoms with van der Waals surface area (Å²) in [6, 6.07) is 28.5. The van der Waals surface area contributed by atoms with Gasteiger partial charge in [0.1, 0.15) is 0 Å². The second-order valence-corrected chi connectivity index (χ2v) is 6.78. The van der Waals surface area contributed by atoms with Crippen LogP contribution in [-0.4, -0.2) is 0 Å². The van der Waals surface area contributed by atoms with E-state index in [4.69, 9.17) is 0 Å². The van der Waals surface area contributed by atoms with E-state index >= 15 is 0 Å². The van der Waals surface area contributed by atoms with E-state index in [1.54, 1.807) is 0 Å². The van der Waals surface area contributed by atoms with E-state index in [0.29, 0.717) is 11.8 Å². The Morgan fingerprint density at radius 1 is 0.667 bits per heavy atom. The van der Waals surface area contributed by atoms with Gasteiger partial charge in [-0.05, 0) is 59.9 Å². The van der Waals surface area contributed by atoms with Crippen molar-refractivity contribution in [1.29, 1.82) is 0 Å². The van der Waals surface area contributed by atoms with Crippen LogP contribution in [0.3, 0.4) is 0 Å². The highest BCUT2D eigenvalue weighted by Crippen LogP contribution is 2.36. The van der Waals surface area contributed by atoms with Crippen LogP contribution < -0.4 is 0 Å². The molecule has 0 aliphatic heterocycles. The highest BCUT2D eigenvalue weighted by atomic mass is 14.3. The van der Waals surface area contributed by atoms with Gasteiger partial charge in [0, 0.05) is 0 Å². The Morgan fingerprint density at radius 3 is 1.88 bits per heavy atom. The van der Waals surface area contributed by atoms with E-state index in [0.717, 1.165) is 6.42 Å². The van der Waals surface area contributed by atoms with E-state index in [1.165, 1.54) is 27.8 Å². The predicted molar refractivity (Wildman–Crippen MR) is 104 cm³/mol. The third-order valence-corrected chi connectivity index (χ3v) is 5.31. The third kappa shape index (κ3) is 3.59. The topological polar surface area (TPSA) is 0 Å². The number of aryl methyl sites for hydroxylation is 1. The molecule has 3 aromatic rings. The lowest BCUT2D eigenvalue weighted by Crippen LogP contribution is -2.12. The Morgan fingerprint density at radius 2 is 1.25 bits per heavy atom. The molecule has 0 aliphatic carbocycles. The molecule has 3 aromatic carbocycles. The molecule has 0 radical (unpaired) electrons. The minimum absolute atomic E-state index is 0.480. The first-order valence-corrected chi connectivity index (χ1v) is 8.82. The molecule has 0 heteroatoms. The number of benzene rings is 3. The van der Waals surface area contributed by atoms with Crippen molar-refractivity contribution in [2.24, 2.45) is 0 Å². The fraction of sp³-hybridized carbons (Fsp3) is 0.250. The van der Waals surface area contributed by atoms with Crippen LogP contribution in [0.2, 0.25) is 0 Å². The lowest BCUT2D eigenvalue weighted by atomic mass is 9.78. The average Bonchev–Trinajstić information content (AvgIpc) is 2.64. The smallest absolute Gasteiger partial charge is 0.00552 e. The molecular weight excluding hydrogens is 288 g/mol. The fourth-order valence-corrected chi connectivity index (χ4v) is 3.54. The zero-order valence-corrected chi connectivity index (χ0v) is 14.9. The number of rotatable bonds is 5. The second-order valence-electron chi connectivity index (χ2n) is 6.78. The zero-order valence-electron chi connectivity index (χ0n) is 14.9. The maximum absolute atomic E-state index is 2.36. The van der Waals surface area contributed by atoms with Crippen LogP contribution in [-0.2, 0) is 6.42 Å². The lowest BCUT2D eigenvalue weighted by molar-refractivity contribution is 0.571. The number of hydrogen-bond donors (Lipinski definition) is 0. The zero-order chi connectivity index (χ0) is 16.9. The van der Waals surface area contributed by atoms with Crippen molar-refractivity contribution in [1.82, 2.24) is 0 Å². The SMILES string of the molecule is Cc1cccc(CC(c2ccccc2)C(C)c2ccccc2)c1C. The van der Waals surface area contributed by atoms with Gasteiger partial charge < -0.3 is 0 Å². The summed E-state index contributed by atoms with van der Waals surface area (Å²) in [7, 11) is 0. The van der Waals surface area contributed by atoms with Crippen molar-refractivity contribution in [2.45, 2.75) is 39.0 Å². The van der Waals surface area contributed by atoms with Crippen LogP contribution >= 0.6 is 0 Å². The molecule has 0 saturated heterocycles. The van der Waals surface area contributed by atoms with Gasteiger partial charge in [0.25, 0.3) is 0 Å². The van der Waals surface area contributed by atoms with Gasteiger partial charge in [-0.2, -0.15) is 0 Å². The Bertz CT molecular complexity index is 772. The van der Waals surface area contributed by atoms with Gasteiger partial charge in [0.05, 0.1) is 0 Å². The third-order valence-electron chi connectivity index (χ3n) is 5.31. The molecule has 0 saturated carbocycles. The molecular formula is C24H26. The average molecular weight is 314 g/mol. The molecule has 2 unspecified atom stereocenters. The molecule has 0 spiro atoms. The standard InChI is InChI=1S/C24H26/c1-18-11-10-16-23(19(18)2)17-24(22-14-8-5-9-15-22)20(3)21-12-6-4-7-13-21/h4-16,20,24H,17H2,1-3H3. The molecule has 0 bridgehead atoms. The van der Waals surface area contributed by atoms with Gasteiger partial charge in [-0.25, -0.2) is 0 Å². The normalized spacial score (nSPS) is 13.5. The summed E-state index contributed by atoms with van der Waals surface area (Å²) in [6.07, 6.45) is 1.08. The van der Waals surface area contributed by atoms with Gasteiger partial charge in [-0.1, -0.05) is 85.8 Å². The molecule has 0 aliphatic rings. The van der Waals surface area contributed by atoms with E-state index in [1.807, 2.05) is 0 Å². The molecule has 0 fully saturated rings. The van der Waals surface area contributed by atoms with Crippen LogP contribution in [0.5, 0.6) is 0 Å². The fourth-order valence-electron chi connectivity index (χ4n) is 3.54. The molecule has 0 aromatic heterocycles.